The fraction of sp³-hybridized carbons (Fsp3) is 0.550. The van der Waals surface area contributed by atoms with Crippen LogP contribution in [-0.4, -0.2) is 39.3 Å². The van der Waals surface area contributed by atoms with Gasteiger partial charge >= 0.3 is 0 Å². The first-order valence-corrected chi connectivity index (χ1v) is 10.5. The van der Waals surface area contributed by atoms with Crippen molar-refractivity contribution in [2.45, 2.75) is 68.6 Å². The topological polar surface area (TPSA) is 68.5 Å². The molecule has 28 heavy (non-hydrogen) atoms. The molecule has 0 bridgehead atoms. The number of hydrogen-bond donors (Lipinski definition) is 0. The lowest BCUT2D eigenvalue weighted by atomic mass is 9.94. The Morgan fingerprint density at radius 2 is 1.96 bits per heavy atom. The van der Waals surface area contributed by atoms with Crippen molar-refractivity contribution in [3.05, 3.63) is 36.0 Å². The number of nitrogens with zero attached hydrogens (tertiary/aromatic N) is 3. The Morgan fingerprint density at radius 1 is 1.25 bits per heavy atom. The number of aromatic nitrogens is 2. The van der Waals surface area contributed by atoms with E-state index in [9.17, 15) is 9.18 Å². The molecule has 0 radical (unpaired) electrons. The van der Waals surface area contributed by atoms with E-state index in [1.54, 1.807) is 25.1 Å². The third kappa shape index (κ3) is 5.04. The fourth-order valence-corrected chi connectivity index (χ4v) is 4.14. The van der Waals surface area contributed by atoms with Gasteiger partial charge in [0, 0.05) is 13.1 Å². The van der Waals surface area contributed by atoms with Gasteiger partial charge in [-0.15, -0.1) is 10.2 Å². The van der Waals surface area contributed by atoms with Crippen LogP contribution in [0.5, 0.6) is 5.75 Å². The largest absolute Gasteiger partial charge is 0.478 e. The van der Waals surface area contributed by atoms with E-state index in [4.69, 9.17) is 9.15 Å². The summed E-state index contributed by atoms with van der Waals surface area (Å²) in [4.78, 5) is 14.6. The lowest BCUT2D eigenvalue weighted by Gasteiger charge is -2.32. The molecule has 6 nitrogen and oxygen atoms in total. The van der Waals surface area contributed by atoms with E-state index >= 15 is 0 Å². The maximum absolute atomic E-state index is 13.7. The number of carbonyl (C=O) groups excluding carboxylic acids is 1. The van der Waals surface area contributed by atoms with Crippen molar-refractivity contribution in [2.75, 3.05) is 7.05 Å². The van der Waals surface area contributed by atoms with Gasteiger partial charge in [-0.05, 0) is 38.8 Å². The first-order valence-electron chi connectivity index (χ1n) is 9.63. The second-order valence-electron chi connectivity index (χ2n) is 7.10. The van der Waals surface area contributed by atoms with Crippen LogP contribution in [0.4, 0.5) is 4.39 Å². The first kappa shape index (κ1) is 20.6. The number of para-hydroxylation sites is 1. The van der Waals surface area contributed by atoms with Gasteiger partial charge in [0.05, 0.1) is 5.25 Å². The van der Waals surface area contributed by atoms with E-state index in [1.165, 1.54) is 37.1 Å². The van der Waals surface area contributed by atoms with Gasteiger partial charge in [0.2, 0.25) is 5.91 Å². The predicted molar refractivity (Wildman–Crippen MR) is 105 cm³/mol. The van der Waals surface area contributed by atoms with E-state index in [2.05, 4.69) is 10.2 Å². The fourth-order valence-electron chi connectivity index (χ4n) is 3.35. The van der Waals surface area contributed by atoms with E-state index < -0.39 is 11.9 Å². The average Bonchev–Trinajstić information content (AvgIpc) is 3.18. The van der Waals surface area contributed by atoms with Crippen LogP contribution >= 0.6 is 11.8 Å². The summed E-state index contributed by atoms with van der Waals surface area (Å²) < 4.78 is 24.9. The lowest BCUT2D eigenvalue weighted by molar-refractivity contribution is -0.131. The highest BCUT2D eigenvalue weighted by Crippen LogP contribution is 2.29. The van der Waals surface area contributed by atoms with Gasteiger partial charge < -0.3 is 14.1 Å². The van der Waals surface area contributed by atoms with Crippen LogP contribution in [0, 0.1) is 5.82 Å². The van der Waals surface area contributed by atoms with E-state index in [0.29, 0.717) is 11.3 Å². The second-order valence-corrected chi connectivity index (χ2v) is 8.39. The number of amides is 1. The summed E-state index contributed by atoms with van der Waals surface area (Å²) in [5, 5.41) is 7.95. The number of ether oxygens (including phenoxy) is 1. The molecular weight excluding hydrogens is 381 g/mol. The maximum Gasteiger partial charge on any atom is 0.277 e. The van der Waals surface area contributed by atoms with Gasteiger partial charge in [-0.25, -0.2) is 4.39 Å². The smallest absolute Gasteiger partial charge is 0.277 e. The van der Waals surface area contributed by atoms with Crippen molar-refractivity contribution >= 4 is 17.7 Å². The zero-order chi connectivity index (χ0) is 20.1. The van der Waals surface area contributed by atoms with Crippen LogP contribution in [0.3, 0.4) is 0 Å². The molecule has 3 rings (SSSR count). The Labute approximate surface area is 168 Å². The number of hydrogen-bond acceptors (Lipinski definition) is 6. The number of rotatable bonds is 7. The van der Waals surface area contributed by atoms with E-state index in [1.807, 2.05) is 18.9 Å². The Hall–Kier alpha value is -2.09. The van der Waals surface area contributed by atoms with Crippen molar-refractivity contribution in [1.29, 1.82) is 0 Å². The summed E-state index contributed by atoms with van der Waals surface area (Å²) in [6.07, 6.45) is 5.13. The molecule has 152 valence electrons. The molecule has 1 amide bonds. The molecule has 8 heteroatoms. The minimum Gasteiger partial charge on any atom is -0.478 e. The van der Waals surface area contributed by atoms with Crippen molar-refractivity contribution in [3.63, 3.8) is 0 Å². The third-order valence-electron chi connectivity index (χ3n) is 5.01. The molecule has 2 aromatic rings. The second kappa shape index (κ2) is 9.41. The molecule has 0 spiro atoms. The standard InChI is InChI=1S/C20H26FN3O3S/c1-13(26-17-12-8-7-11-16(17)21)18-22-23-20(27-18)28-14(2)19(25)24(3)15-9-5-4-6-10-15/h7-8,11-15H,4-6,9-10H2,1-3H3/t13-,14-/m0/s1. The molecule has 0 N–H and O–H groups in total. The quantitative estimate of drug-likeness (QED) is 0.624. The number of thioether (sulfide) groups is 1. The van der Waals surface area contributed by atoms with Gasteiger partial charge in [0.25, 0.3) is 11.1 Å². The Balaban J connectivity index is 1.57. The van der Waals surface area contributed by atoms with Gasteiger partial charge in [0.1, 0.15) is 0 Å². The van der Waals surface area contributed by atoms with Gasteiger partial charge in [0.15, 0.2) is 17.7 Å². The minimum atomic E-state index is -0.602. The molecule has 1 aromatic heterocycles. The summed E-state index contributed by atoms with van der Waals surface area (Å²) in [5.74, 6) is -0.0215. The molecule has 2 atom stereocenters. The highest BCUT2D eigenvalue weighted by atomic mass is 32.2. The molecule has 1 fully saturated rings. The molecule has 1 aliphatic carbocycles. The summed E-state index contributed by atoms with van der Waals surface area (Å²) in [6, 6.07) is 6.47. The van der Waals surface area contributed by atoms with Gasteiger partial charge in [-0.3, -0.25) is 4.79 Å². The molecule has 0 saturated heterocycles. The van der Waals surface area contributed by atoms with Crippen molar-refractivity contribution in [2.24, 2.45) is 0 Å². The Bertz CT molecular complexity index is 795. The van der Waals surface area contributed by atoms with Crippen LogP contribution in [0.2, 0.25) is 0 Å². The number of benzene rings is 1. The number of carbonyl (C=O) groups is 1. The Kier molecular flexibility index (Phi) is 6.93. The summed E-state index contributed by atoms with van der Waals surface area (Å²) in [6.45, 7) is 3.55. The minimum absolute atomic E-state index is 0.0623. The van der Waals surface area contributed by atoms with E-state index in [0.717, 1.165) is 12.8 Å². The molecule has 1 aromatic carbocycles. The van der Waals surface area contributed by atoms with Crippen molar-refractivity contribution in [1.82, 2.24) is 15.1 Å². The maximum atomic E-state index is 13.7. The van der Waals surface area contributed by atoms with Crippen LogP contribution in [0.25, 0.3) is 0 Å². The third-order valence-corrected chi connectivity index (χ3v) is 5.93. The normalized spacial score (nSPS) is 17.1. The first-order chi connectivity index (χ1) is 13.5. The van der Waals surface area contributed by atoms with Crippen LogP contribution < -0.4 is 4.74 Å². The predicted octanol–water partition coefficient (Wildman–Crippen LogP) is 4.62. The van der Waals surface area contributed by atoms with Crippen LogP contribution in [-0.2, 0) is 4.79 Å². The van der Waals surface area contributed by atoms with E-state index in [-0.39, 0.29) is 22.8 Å². The molecule has 0 unspecified atom stereocenters. The van der Waals surface area contributed by atoms with Crippen LogP contribution in [0.1, 0.15) is 57.9 Å². The van der Waals surface area contributed by atoms with Crippen LogP contribution in [0.15, 0.2) is 33.9 Å². The van der Waals surface area contributed by atoms with Gasteiger partial charge in [-0.1, -0.05) is 43.2 Å². The molecule has 1 heterocycles. The SMILES string of the molecule is C[C@H](Sc1nnc([C@H](C)Oc2ccccc2F)o1)C(=O)N(C)C1CCCCC1. The summed E-state index contributed by atoms with van der Waals surface area (Å²) >= 11 is 1.23. The zero-order valence-electron chi connectivity index (χ0n) is 16.4. The summed E-state index contributed by atoms with van der Waals surface area (Å²) in [7, 11) is 1.87. The lowest BCUT2D eigenvalue weighted by Crippen LogP contribution is -2.42. The molecule has 0 aliphatic heterocycles. The molecule has 1 saturated carbocycles. The zero-order valence-corrected chi connectivity index (χ0v) is 17.2. The Morgan fingerprint density at radius 3 is 2.68 bits per heavy atom. The highest BCUT2D eigenvalue weighted by molar-refractivity contribution is 8.00. The highest BCUT2D eigenvalue weighted by Gasteiger charge is 2.28. The van der Waals surface area contributed by atoms with Crippen molar-refractivity contribution in [3.8, 4) is 5.75 Å². The monoisotopic (exact) mass is 407 g/mol. The summed E-state index contributed by atoms with van der Waals surface area (Å²) in [5.41, 5.74) is 0. The number of halogens is 1. The van der Waals surface area contributed by atoms with Gasteiger partial charge in [-0.2, -0.15) is 0 Å². The average molecular weight is 408 g/mol. The molecular formula is C20H26FN3O3S. The van der Waals surface area contributed by atoms with Crippen molar-refractivity contribution < 1.29 is 18.3 Å². The molecule has 1 aliphatic rings.